The van der Waals surface area contributed by atoms with Crippen molar-refractivity contribution in [1.82, 2.24) is 0 Å². The number of carbonyl (C=O) groups excluding carboxylic acids is 2. The maximum Gasteiger partial charge on any atom is 0.255 e. The summed E-state index contributed by atoms with van der Waals surface area (Å²) >= 11 is 0. The molecular formula is C22H21N3O2. The minimum Gasteiger partial charge on any atom is -0.355 e. The van der Waals surface area contributed by atoms with E-state index in [-0.39, 0.29) is 11.8 Å². The maximum atomic E-state index is 12.3. The first-order valence-corrected chi connectivity index (χ1v) is 8.62. The predicted molar refractivity (Wildman–Crippen MR) is 110 cm³/mol. The lowest BCUT2D eigenvalue weighted by atomic mass is 10.1. The Labute approximate surface area is 158 Å². The Morgan fingerprint density at radius 1 is 0.704 bits per heavy atom. The number of carbonyl (C=O) groups is 2. The molecule has 0 aliphatic heterocycles. The molecule has 136 valence electrons. The molecule has 2 amide bonds. The van der Waals surface area contributed by atoms with E-state index >= 15 is 0 Å². The van der Waals surface area contributed by atoms with Gasteiger partial charge in [0.05, 0.1) is 0 Å². The lowest BCUT2D eigenvalue weighted by Gasteiger charge is -2.10. The minimum atomic E-state index is -0.140. The molecule has 3 N–H and O–H groups in total. The summed E-state index contributed by atoms with van der Waals surface area (Å²) in [6.07, 6.45) is 0. The van der Waals surface area contributed by atoms with Gasteiger partial charge in [0.15, 0.2) is 0 Å². The molecule has 0 fully saturated rings. The summed E-state index contributed by atoms with van der Waals surface area (Å²) < 4.78 is 0. The molecule has 0 aliphatic carbocycles. The fourth-order valence-electron chi connectivity index (χ4n) is 2.59. The van der Waals surface area contributed by atoms with Gasteiger partial charge >= 0.3 is 0 Å². The zero-order valence-electron chi connectivity index (χ0n) is 15.2. The Bertz CT molecular complexity index is 948. The number of anilines is 4. The molecule has 0 heterocycles. The fraction of sp³-hybridized carbons (Fsp3) is 0.0909. The second-order valence-corrected chi connectivity index (χ2v) is 6.28. The Hall–Kier alpha value is -3.60. The molecule has 5 heteroatoms. The average Bonchev–Trinajstić information content (AvgIpc) is 2.63. The van der Waals surface area contributed by atoms with E-state index in [9.17, 15) is 9.59 Å². The van der Waals surface area contributed by atoms with Gasteiger partial charge in [-0.1, -0.05) is 23.8 Å². The zero-order valence-corrected chi connectivity index (χ0v) is 15.2. The quantitative estimate of drug-likeness (QED) is 0.604. The molecular weight excluding hydrogens is 338 g/mol. The first kappa shape index (κ1) is 18.2. The molecule has 0 aliphatic rings. The Morgan fingerprint density at radius 2 is 1.33 bits per heavy atom. The number of rotatable bonds is 5. The van der Waals surface area contributed by atoms with Gasteiger partial charge in [0.1, 0.15) is 0 Å². The second-order valence-electron chi connectivity index (χ2n) is 6.28. The third-order valence-electron chi connectivity index (χ3n) is 3.93. The lowest BCUT2D eigenvalue weighted by molar-refractivity contribution is -0.114. The van der Waals surface area contributed by atoms with Crippen molar-refractivity contribution in [3.8, 4) is 0 Å². The summed E-state index contributed by atoms with van der Waals surface area (Å²) in [5, 5.41) is 8.91. The van der Waals surface area contributed by atoms with Crippen LogP contribution >= 0.6 is 0 Å². The first-order valence-electron chi connectivity index (χ1n) is 8.62. The highest BCUT2D eigenvalue weighted by Crippen LogP contribution is 2.22. The van der Waals surface area contributed by atoms with Crippen molar-refractivity contribution in [3.63, 3.8) is 0 Å². The number of amides is 2. The van der Waals surface area contributed by atoms with Crippen LogP contribution in [0, 0.1) is 6.92 Å². The van der Waals surface area contributed by atoms with Crippen LogP contribution in [0.2, 0.25) is 0 Å². The van der Waals surface area contributed by atoms with Crippen LogP contribution in [0.25, 0.3) is 0 Å². The Balaban J connectivity index is 1.64. The van der Waals surface area contributed by atoms with Gasteiger partial charge in [0.25, 0.3) is 5.91 Å². The van der Waals surface area contributed by atoms with Crippen LogP contribution in [-0.4, -0.2) is 11.8 Å². The van der Waals surface area contributed by atoms with Crippen LogP contribution < -0.4 is 16.0 Å². The van der Waals surface area contributed by atoms with Gasteiger partial charge in [-0.15, -0.1) is 0 Å². The van der Waals surface area contributed by atoms with E-state index < -0.39 is 0 Å². The molecule has 27 heavy (non-hydrogen) atoms. The van der Waals surface area contributed by atoms with Crippen LogP contribution in [0.15, 0.2) is 72.8 Å². The van der Waals surface area contributed by atoms with Crippen molar-refractivity contribution >= 4 is 34.6 Å². The molecule has 0 atom stereocenters. The van der Waals surface area contributed by atoms with Gasteiger partial charge in [0, 0.05) is 35.2 Å². The molecule has 3 rings (SSSR count). The van der Waals surface area contributed by atoms with Crippen molar-refractivity contribution in [1.29, 1.82) is 0 Å². The largest absolute Gasteiger partial charge is 0.355 e. The topological polar surface area (TPSA) is 70.2 Å². The number of hydrogen-bond acceptors (Lipinski definition) is 3. The van der Waals surface area contributed by atoms with Gasteiger partial charge in [-0.2, -0.15) is 0 Å². The van der Waals surface area contributed by atoms with Crippen molar-refractivity contribution in [2.45, 2.75) is 13.8 Å². The highest BCUT2D eigenvalue weighted by molar-refractivity contribution is 6.04. The predicted octanol–water partition coefficient (Wildman–Crippen LogP) is 4.95. The summed E-state index contributed by atoms with van der Waals surface area (Å²) in [5.74, 6) is -0.250. The van der Waals surface area contributed by atoms with E-state index in [0.29, 0.717) is 5.56 Å². The van der Waals surface area contributed by atoms with E-state index in [1.54, 1.807) is 0 Å². The van der Waals surface area contributed by atoms with Crippen molar-refractivity contribution in [2.75, 3.05) is 16.0 Å². The van der Waals surface area contributed by atoms with Crippen molar-refractivity contribution in [3.05, 3.63) is 83.9 Å². The van der Waals surface area contributed by atoms with Crippen molar-refractivity contribution in [2.24, 2.45) is 0 Å². The van der Waals surface area contributed by atoms with E-state index in [1.807, 2.05) is 79.7 Å². The standard InChI is InChI=1S/C22H21N3O2/c1-15-6-8-17(9-7-15)22(27)25-19-12-10-18(11-13-19)24-21-5-3-4-20(14-21)23-16(2)26/h3-14,24H,1-2H3,(H,23,26)(H,25,27). The van der Waals surface area contributed by atoms with E-state index in [4.69, 9.17) is 0 Å². The SMILES string of the molecule is CC(=O)Nc1cccc(Nc2ccc(NC(=O)c3ccc(C)cc3)cc2)c1. The molecule has 0 radical (unpaired) electrons. The number of nitrogens with one attached hydrogen (secondary N) is 3. The average molecular weight is 359 g/mol. The lowest BCUT2D eigenvalue weighted by Crippen LogP contribution is -2.11. The summed E-state index contributed by atoms with van der Waals surface area (Å²) in [6, 6.07) is 22.4. The Morgan fingerprint density at radius 3 is 2.00 bits per heavy atom. The number of benzene rings is 3. The fourth-order valence-corrected chi connectivity index (χ4v) is 2.59. The molecule has 3 aromatic rings. The van der Waals surface area contributed by atoms with Crippen LogP contribution in [0.4, 0.5) is 22.7 Å². The molecule has 0 spiro atoms. The molecule has 0 aromatic heterocycles. The van der Waals surface area contributed by atoms with Gasteiger partial charge < -0.3 is 16.0 Å². The maximum absolute atomic E-state index is 12.3. The van der Waals surface area contributed by atoms with Crippen LogP contribution in [-0.2, 0) is 4.79 Å². The van der Waals surface area contributed by atoms with Gasteiger partial charge in [-0.3, -0.25) is 9.59 Å². The van der Waals surface area contributed by atoms with Crippen LogP contribution in [0.5, 0.6) is 0 Å². The number of aryl methyl sites for hydroxylation is 1. The molecule has 5 nitrogen and oxygen atoms in total. The molecule has 0 saturated heterocycles. The summed E-state index contributed by atoms with van der Waals surface area (Å²) in [7, 11) is 0. The van der Waals surface area contributed by atoms with E-state index in [1.165, 1.54) is 6.92 Å². The minimum absolute atomic E-state index is 0.110. The molecule has 3 aromatic carbocycles. The third-order valence-corrected chi connectivity index (χ3v) is 3.93. The van der Waals surface area contributed by atoms with E-state index in [2.05, 4.69) is 16.0 Å². The van der Waals surface area contributed by atoms with E-state index in [0.717, 1.165) is 28.3 Å². The monoisotopic (exact) mass is 359 g/mol. The van der Waals surface area contributed by atoms with Gasteiger partial charge in [-0.25, -0.2) is 0 Å². The molecule has 0 unspecified atom stereocenters. The van der Waals surface area contributed by atoms with Gasteiger partial charge in [0.2, 0.25) is 5.91 Å². The zero-order chi connectivity index (χ0) is 19.2. The normalized spacial score (nSPS) is 10.1. The molecule has 0 saturated carbocycles. The van der Waals surface area contributed by atoms with Crippen LogP contribution in [0.3, 0.4) is 0 Å². The van der Waals surface area contributed by atoms with Crippen LogP contribution in [0.1, 0.15) is 22.8 Å². The summed E-state index contributed by atoms with van der Waals surface area (Å²) in [4.78, 5) is 23.4. The molecule has 0 bridgehead atoms. The highest BCUT2D eigenvalue weighted by Gasteiger charge is 2.06. The van der Waals surface area contributed by atoms with Gasteiger partial charge in [-0.05, 0) is 61.5 Å². The smallest absolute Gasteiger partial charge is 0.255 e. The highest BCUT2D eigenvalue weighted by atomic mass is 16.2. The summed E-state index contributed by atoms with van der Waals surface area (Å²) in [6.45, 7) is 3.46. The first-order chi connectivity index (χ1) is 13.0. The summed E-state index contributed by atoms with van der Waals surface area (Å²) in [5.41, 5.74) is 4.93. The van der Waals surface area contributed by atoms with Crippen molar-refractivity contribution < 1.29 is 9.59 Å². The Kier molecular flexibility index (Phi) is 5.52. The second kappa shape index (κ2) is 8.19. The third kappa shape index (κ3) is 5.19. The number of hydrogen-bond donors (Lipinski definition) is 3.